The molecular weight excluding hydrogens is 338 g/mol. The van der Waals surface area contributed by atoms with E-state index in [0.717, 1.165) is 58.2 Å². The fraction of sp³-hybridized carbons (Fsp3) is 0.696. The lowest BCUT2D eigenvalue weighted by Crippen LogP contribution is -2.56. The standard InChI is InChI=1S/C23H35NO3/c1-18(2)8-7-14-24-15-11-20(17-24)22(16-21(25)26)12-5-6-13-23(22,27)19-9-3-4-10-19/h5-6,8,12-13,19-20,27H,3-4,7,9-11,14-17H2,1-2H3,(H,25,26). The molecule has 0 bridgehead atoms. The first-order valence-electron chi connectivity index (χ1n) is 10.5. The molecule has 1 heterocycles. The second-order valence-electron chi connectivity index (χ2n) is 8.99. The third kappa shape index (κ3) is 4.07. The van der Waals surface area contributed by atoms with Gasteiger partial charge in [0.1, 0.15) is 0 Å². The van der Waals surface area contributed by atoms with Crippen molar-refractivity contribution in [1.29, 1.82) is 0 Å². The monoisotopic (exact) mass is 373 g/mol. The summed E-state index contributed by atoms with van der Waals surface area (Å²) < 4.78 is 0. The van der Waals surface area contributed by atoms with Crippen LogP contribution in [0.25, 0.3) is 0 Å². The van der Waals surface area contributed by atoms with Gasteiger partial charge in [0.15, 0.2) is 0 Å². The van der Waals surface area contributed by atoms with E-state index in [-0.39, 0.29) is 18.3 Å². The Hall–Kier alpha value is -1.39. The zero-order valence-corrected chi connectivity index (χ0v) is 16.9. The molecule has 0 aromatic rings. The Morgan fingerprint density at radius 2 is 1.85 bits per heavy atom. The molecule has 3 unspecified atom stereocenters. The summed E-state index contributed by atoms with van der Waals surface area (Å²) in [6.07, 6.45) is 16.3. The van der Waals surface area contributed by atoms with Crippen molar-refractivity contribution in [3.8, 4) is 0 Å². The molecule has 0 spiro atoms. The molecular formula is C23H35NO3. The molecule has 27 heavy (non-hydrogen) atoms. The summed E-state index contributed by atoms with van der Waals surface area (Å²) >= 11 is 0. The lowest BCUT2D eigenvalue weighted by Gasteiger charge is -2.51. The Morgan fingerprint density at radius 1 is 1.15 bits per heavy atom. The lowest BCUT2D eigenvalue weighted by atomic mass is 9.55. The zero-order valence-electron chi connectivity index (χ0n) is 16.9. The molecule has 3 rings (SSSR count). The van der Waals surface area contributed by atoms with E-state index >= 15 is 0 Å². The Bertz CT molecular complexity index is 628. The van der Waals surface area contributed by atoms with Crippen LogP contribution in [0.2, 0.25) is 0 Å². The lowest BCUT2D eigenvalue weighted by molar-refractivity contribution is -0.149. The highest BCUT2D eigenvalue weighted by Crippen LogP contribution is 2.55. The van der Waals surface area contributed by atoms with E-state index < -0.39 is 17.0 Å². The van der Waals surface area contributed by atoms with Gasteiger partial charge in [-0.15, -0.1) is 0 Å². The molecule has 0 amide bonds. The van der Waals surface area contributed by atoms with Crippen molar-refractivity contribution >= 4 is 5.97 Å². The highest BCUT2D eigenvalue weighted by atomic mass is 16.4. The molecule has 4 heteroatoms. The van der Waals surface area contributed by atoms with Gasteiger partial charge in [0.05, 0.1) is 12.0 Å². The van der Waals surface area contributed by atoms with Crippen LogP contribution >= 0.6 is 0 Å². The van der Waals surface area contributed by atoms with Gasteiger partial charge in [-0.1, -0.05) is 48.8 Å². The van der Waals surface area contributed by atoms with Crippen molar-refractivity contribution in [3.63, 3.8) is 0 Å². The third-order valence-corrected chi connectivity index (χ3v) is 7.02. The minimum atomic E-state index is -1.04. The van der Waals surface area contributed by atoms with Crippen LogP contribution in [0, 0.1) is 17.3 Å². The minimum Gasteiger partial charge on any atom is -0.481 e. The smallest absolute Gasteiger partial charge is 0.304 e. The van der Waals surface area contributed by atoms with Crippen LogP contribution in [-0.4, -0.2) is 46.3 Å². The van der Waals surface area contributed by atoms with Crippen molar-refractivity contribution in [2.24, 2.45) is 17.3 Å². The number of rotatable bonds is 7. The summed E-state index contributed by atoms with van der Waals surface area (Å²) in [5.41, 5.74) is -0.408. The minimum absolute atomic E-state index is 0.00726. The fourth-order valence-electron chi connectivity index (χ4n) is 5.65. The summed E-state index contributed by atoms with van der Waals surface area (Å²) in [5.74, 6) is -0.473. The van der Waals surface area contributed by atoms with E-state index in [1.165, 1.54) is 5.57 Å². The van der Waals surface area contributed by atoms with Gasteiger partial charge in [-0.2, -0.15) is 0 Å². The molecule has 4 nitrogen and oxygen atoms in total. The summed E-state index contributed by atoms with van der Waals surface area (Å²) in [4.78, 5) is 14.3. The van der Waals surface area contributed by atoms with Crippen LogP contribution in [0.15, 0.2) is 36.0 Å². The molecule has 0 radical (unpaired) electrons. The van der Waals surface area contributed by atoms with Gasteiger partial charge in [-0.3, -0.25) is 4.79 Å². The average molecular weight is 374 g/mol. The first-order chi connectivity index (χ1) is 12.9. The van der Waals surface area contributed by atoms with Gasteiger partial charge in [-0.25, -0.2) is 0 Å². The molecule has 3 atom stereocenters. The Morgan fingerprint density at radius 3 is 2.52 bits per heavy atom. The summed E-state index contributed by atoms with van der Waals surface area (Å²) in [5, 5.41) is 21.6. The normalized spacial score (nSPS) is 34.3. The SMILES string of the molecule is CC(C)=CCCN1CCC(C2(CC(=O)O)C=CC=CC2(O)C2CCCC2)C1. The predicted octanol–water partition coefficient (Wildman–Crippen LogP) is 4.17. The van der Waals surface area contributed by atoms with Crippen LogP contribution in [0.1, 0.15) is 58.8 Å². The number of likely N-dealkylation sites (tertiary alicyclic amines) is 1. The molecule has 2 aliphatic carbocycles. The molecule has 1 saturated carbocycles. The van der Waals surface area contributed by atoms with Crippen LogP contribution in [-0.2, 0) is 4.79 Å². The molecule has 1 saturated heterocycles. The van der Waals surface area contributed by atoms with Gasteiger partial charge in [0, 0.05) is 18.5 Å². The number of carbonyl (C=O) groups is 1. The van der Waals surface area contributed by atoms with Gasteiger partial charge >= 0.3 is 5.97 Å². The van der Waals surface area contributed by atoms with Crippen molar-refractivity contribution < 1.29 is 15.0 Å². The summed E-state index contributed by atoms with van der Waals surface area (Å²) in [7, 11) is 0. The molecule has 1 aliphatic heterocycles. The van der Waals surface area contributed by atoms with Gasteiger partial charge in [0.25, 0.3) is 0 Å². The molecule has 150 valence electrons. The largest absolute Gasteiger partial charge is 0.481 e. The number of carboxylic acids is 1. The number of hydrogen-bond acceptors (Lipinski definition) is 3. The molecule has 0 aromatic heterocycles. The predicted molar refractivity (Wildman–Crippen MR) is 108 cm³/mol. The maximum atomic E-state index is 11.9. The van der Waals surface area contributed by atoms with Gasteiger partial charge in [0.2, 0.25) is 0 Å². The third-order valence-electron chi connectivity index (χ3n) is 7.02. The summed E-state index contributed by atoms with van der Waals surface area (Å²) in [6.45, 7) is 7.11. The number of carboxylic acid groups (broad SMARTS) is 1. The second kappa shape index (κ2) is 8.32. The Kier molecular flexibility index (Phi) is 6.27. The first kappa shape index (κ1) is 20.3. The van der Waals surface area contributed by atoms with Crippen LogP contribution < -0.4 is 0 Å². The van der Waals surface area contributed by atoms with Crippen molar-refractivity contribution in [2.45, 2.75) is 64.4 Å². The fourth-order valence-corrected chi connectivity index (χ4v) is 5.65. The number of nitrogens with zero attached hydrogens (tertiary/aromatic N) is 1. The van der Waals surface area contributed by atoms with Crippen LogP contribution in [0.4, 0.5) is 0 Å². The highest BCUT2D eigenvalue weighted by molar-refractivity contribution is 5.69. The van der Waals surface area contributed by atoms with E-state index in [9.17, 15) is 15.0 Å². The maximum Gasteiger partial charge on any atom is 0.304 e. The van der Waals surface area contributed by atoms with Crippen molar-refractivity contribution in [3.05, 3.63) is 36.0 Å². The van der Waals surface area contributed by atoms with Gasteiger partial charge in [-0.05, 0) is 57.9 Å². The number of allylic oxidation sites excluding steroid dienone is 3. The van der Waals surface area contributed by atoms with E-state index in [1.54, 1.807) is 0 Å². The quantitative estimate of drug-likeness (QED) is 0.658. The average Bonchev–Trinajstić information content (AvgIpc) is 3.28. The van der Waals surface area contributed by atoms with E-state index in [0.29, 0.717) is 0 Å². The number of hydrogen-bond donors (Lipinski definition) is 2. The Labute approximate surface area is 163 Å². The zero-order chi connectivity index (χ0) is 19.5. The second-order valence-corrected chi connectivity index (χ2v) is 8.99. The number of aliphatic hydroxyl groups is 1. The topological polar surface area (TPSA) is 60.8 Å². The molecule has 2 fully saturated rings. The Balaban J connectivity index is 1.84. The highest BCUT2D eigenvalue weighted by Gasteiger charge is 2.58. The van der Waals surface area contributed by atoms with E-state index in [2.05, 4.69) is 24.8 Å². The van der Waals surface area contributed by atoms with Gasteiger partial charge < -0.3 is 15.1 Å². The maximum absolute atomic E-state index is 11.9. The van der Waals surface area contributed by atoms with Crippen molar-refractivity contribution in [1.82, 2.24) is 4.90 Å². The molecule has 3 aliphatic rings. The van der Waals surface area contributed by atoms with E-state index in [4.69, 9.17) is 0 Å². The van der Waals surface area contributed by atoms with Crippen LogP contribution in [0.5, 0.6) is 0 Å². The first-order valence-corrected chi connectivity index (χ1v) is 10.5. The number of aliphatic carboxylic acids is 1. The van der Waals surface area contributed by atoms with Crippen molar-refractivity contribution in [2.75, 3.05) is 19.6 Å². The van der Waals surface area contributed by atoms with Crippen LogP contribution in [0.3, 0.4) is 0 Å². The summed E-state index contributed by atoms with van der Waals surface area (Å²) in [6, 6.07) is 0. The molecule has 2 N–H and O–H groups in total. The van der Waals surface area contributed by atoms with E-state index in [1.807, 2.05) is 24.3 Å². The molecule has 0 aromatic carbocycles.